The van der Waals surface area contributed by atoms with Crippen LogP contribution in [0.1, 0.15) is 78.6 Å². The molecule has 166 valence electrons. The molecule has 4 N–H and O–H groups in total. The maximum absolute atomic E-state index is 11.5. The molecule has 0 radical (unpaired) electrons. The van der Waals surface area contributed by atoms with Gasteiger partial charge in [-0.05, 0) is 97.7 Å². The minimum atomic E-state index is -0.748. The van der Waals surface area contributed by atoms with E-state index in [9.17, 15) is 20.1 Å². The van der Waals surface area contributed by atoms with Gasteiger partial charge in [-0.1, -0.05) is 20.8 Å². The summed E-state index contributed by atoms with van der Waals surface area (Å²) in [7, 11) is 0. The van der Waals surface area contributed by atoms with Gasteiger partial charge in [0.25, 0.3) is 0 Å². The molecular weight excluding hydrogens is 368 g/mol. The maximum Gasteiger partial charge on any atom is 0.303 e. The van der Waals surface area contributed by atoms with Crippen LogP contribution >= 0.6 is 0 Å². The van der Waals surface area contributed by atoms with E-state index >= 15 is 0 Å². The second-order valence-corrected chi connectivity index (χ2v) is 11.4. The van der Waals surface area contributed by atoms with Crippen LogP contribution in [0.15, 0.2) is 0 Å². The molecule has 0 amide bonds. The molecule has 5 nitrogen and oxygen atoms in total. The van der Waals surface area contributed by atoms with Crippen LogP contribution in [0.4, 0.5) is 0 Å². The third-order valence-electron chi connectivity index (χ3n) is 10.3. The van der Waals surface area contributed by atoms with Gasteiger partial charge in [0, 0.05) is 6.42 Å². The molecule has 29 heavy (non-hydrogen) atoms. The van der Waals surface area contributed by atoms with Crippen molar-refractivity contribution in [2.75, 3.05) is 0 Å². The largest absolute Gasteiger partial charge is 0.481 e. The van der Waals surface area contributed by atoms with E-state index in [1.54, 1.807) is 0 Å². The minimum Gasteiger partial charge on any atom is -0.481 e. The van der Waals surface area contributed by atoms with Gasteiger partial charge in [0.2, 0.25) is 0 Å². The molecule has 0 spiro atoms. The summed E-state index contributed by atoms with van der Waals surface area (Å²) in [4.78, 5) is 11.1. The maximum atomic E-state index is 11.5. The molecule has 4 aliphatic rings. The number of carbonyl (C=O) groups is 1. The molecule has 0 bridgehead atoms. The highest BCUT2D eigenvalue weighted by atomic mass is 16.4. The lowest BCUT2D eigenvalue weighted by atomic mass is 9.43. The van der Waals surface area contributed by atoms with E-state index < -0.39 is 12.1 Å². The molecule has 0 heterocycles. The van der Waals surface area contributed by atoms with Crippen LogP contribution in [0.3, 0.4) is 0 Å². The molecule has 0 aliphatic heterocycles. The van der Waals surface area contributed by atoms with Crippen LogP contribution in [-0.4, -0.2) is 44.7 Å². The lowest BCUT2D eigenvalue weighted by Gasteiger charge is -2.63. The number of rotatable bonds is 4. The Balaban J connectivity index is 1.61. The van der Waals surface area contributed by atoms with Gasteiger partial charge >= 0.3 is 5.97 Å². The highest BCUT2D eigenvalue weighted by molar-refractivity contribution is 5.66. The lowest BCUT2D eigenvalue weighted by Crippen LogP contribution is -2.62. The summed E-state index contributed by atoms with van der Waals surface area (Å²) in [5.74, 6) is 0.997. The van der Waals surface area contributed by atoms with Crippen molar-refractivity contribution >= 4 is 5.97 Å². The van der Waals surface area contributed by atoms with E-state index in [0.717, 1.165) is 44.9 Å². The second kappa shape index (κ2) is 7.49. The van der Waals surface area contributed by atoms with Gasteiger partial charge < -0.3 is 20.4 Å². The summed E-state index contributed by atoms with van der Waals surface area (Å²) in [6.45, 7) is 6.72. The molecule has 4 saturated carbocycles. The summed E-state index contributed by atoms with van der Waals surface area (Å²) in [6.07, 6.45) is 6.00. The fraction of sp³-hybridized carbons (Fsp3) is 0.958. The molecule has 4 rings (SSSR count). The Morgan fingerprint density at radius 2 is 1.76 bits per heavy atom. The number of hydrogen-bond donors (Lipinski definition) is 4. The highest BCUT2D eigenvalue weighted by Gasteiger charge is 2.65. The SMILES string of the molecule is C[C@H](CCC(=O)O)[C@H]1CC[C@H]2C3C(O)C[C@@H]4C[C@H](O)CC[C@]4(C)[C@H]3C[C@H](O)[C@]12C. The Bertz CT molecular complexity index is 637. The highest BCUT2D eigenvalue weighted by Crippen LogP contribution is 2.68. The first kappa shape index (κ1) is 21.6. The minimum absolute atomic E-state index is 0.0957. The summed E-state index contributed by atoms with van der Waals surface area (Å²) in [5, 5.41) is 42.0. The summed E-state index contributed by atoms with van der Waals surface area (Å²) >= 11 is 0. The van der Waals surface area contributed by atoms with Crippen LogP contribution in [0.25, 0.3) is 0 Å². The Morgan fingerprint density at radius 1 is 1.03 bits per heavy atom. The second-order valence-electron chi connectivity index (χ2n) is 11.4. The average molecular weight is 409 g/mol. The molecule has 2 unspecified atom stereocenters. The average Bonchev–Trinajstić information content (AvgIpc) is 3.01. The van der Waals surface area contributed by atoms with E-state index in [1.807, 2.05) is 0 Å². The van der Waals surface area contributed by atoms with Crippen molar-refractivity contribution in [1.29, 1.82) is 0 Å². The van der Waals surface area contributed by atoms with Gasteiger partial charge in [0.05, 0.1) is 18.3 Å². The van der Waals surface area contributed by atoms with Crippen molar-refractivity contribution in [3.8, 4) is 0 Å². The van der Waals surface area contributed by atoms with E-state index in [2.05, 4.69) is 20.8 Å². The molecular formula is C24H40O5. The third kappa shape index (κ3) is 3.27. The number of carboxylic acid groups (broad SMARTS) is 1. The van der Waals surface area contributed by atoms with E-state index in [4.69, 9.17) is 5.11 Å². The molecule has 0 saturated heterocycles. The van der Waals surface area contributed by atoms with Gasteiger partial charge in [0.1, 0.15) is 0 Å². The molecule has 0 aromatic rings. The van der Waals surface area contributed by atoms with E-state index in [1.165, 1.54) is 0 Å². The van der Waals surface area contributed by atoms with Gasteiger partial charge in [-0.25, -0.2) is 0 Å². The zero-order chi connectivity index (χ0) is 21.1. The predicted molar refractivity (Wildman–Crippen MR) is 110 cm³/mol. The fourth-order valence-electron chi connectivity index (χ4n) is 8.68. The smallest absolute Gasteiger partial charge is 0.303 e. The lowest BCUT2D eigenvalue weighted by molar-refractivity contribution is -0.207. The quantitative estimate of drug-likeness (QED) is 0.571. The standard InChI is InChI=1S/C24H40O5/c1-13(4-7-21(28)29)16-5-6-17-22-18(12-20(27)24(16,17)3)23(2)9-8-15(25)10-14(23)11-19(22)26/h13-20,22,25-27H,4-12H2,1-3H3,(H,28,29)/t13-,14+,15-,16-,17+,18+,19?,20+,22?,23+,24-/m1/s1. The normalized spacial score (nSPS) is 52.9. The van der Waals surface area contributed by atoms with Crippen molar-refractivity contribution in [2.45, 2.75) is 96.9 Å². The van der Waals surface area contributed by atoms with Crippen molar-refractivity contribution in [3.63, 3.8) is 0 Å². The molecule has 0 aromatic heterocycles. The molecule has 5 heteroatoms. The zero-order valence-corrected chi connectivity index (χ0v) is 18.3. The predicted octanol–water partition coefficient (Wildman–Crippen LogP) is 3.45. The number of fused-ring (bicyclic) bond motifs is 5. The molecule has 4 fully saturated rings. The molecule has 0 aromatic carbocycles. The third-order valence-corrected chi connectivity index (χ3v) is 10.3. The molecule has 11 atom stereocenters. The topological polar surface area (TPSA) is 98.0 Å². The van der Waals surface area contributed by atoms with Crippen LogP contribution in [0, 0.1) is 46.3 Å². The van der Waals surface area contributed by atoms with Gasteiger partial charge in [-0.3, -0.25) is 4.79 Å². The summed E-state index contributed by atoms with van der Waals surface area (Å²) in [5.41, 5.74) is -0.143. The van der Waals surface area contributed by atoms with Crippen molar-refractivity contribution in [3.05, 3.63) is 0 Å². The van der Waals surface area contributed by atoms with Crippen LogP contribution in [-0.2, 0) is 4.79 Å². The van der Waals surface area contributed by atoms with Crippen LogP contribution < -0.4 is 0 Å². The first-order chi connectivity index (χ1) is 13.6. The Kier molecular flexibility index (Phi) is 5.57. The Hall–Kier alpha value is -0.650. The number of aliphatic hydroxyl groups excluding tert-OH is 3. The Labute approximate surface area is 174 Å². The van der Waals surface area contributed by atoms with Gasteiger partial charge in [0.15, 0.2) is 0 Å². The van der Waals surface area contributed by atoms with Crippen molar-refractivity contribution < 1.29 is 25.2 Å². The number of hydrogen-bond acceptors (Lipinski definition) is 4. The van der Waals surface area contributed by atoms with Crippen molar-refractivity contribution in [1.82, 2.24) is 0 Å². The zero-order valence-electron chi connectivity index (χ0n) is 18.3. The first-order valence-corrected chi connectivity index (χ1v) is 11.8. The number of aliphatic carboxylic acids is 1. The van der Waals surface area contributed by atoms with E-state index in [0.29, 0.717) is 30.1 Å². The first-order valence-electron chi connectivity index (χ1n) is 11.8. The summed E-state index contributed by atoms with van der Waals surface area (Å²) < 4.78 is 0. The number of carboxylic acids is 1. The van der Waals surface area contributed by atoms with Gasteiger partial charge in [-0.15, -0.1) is 0 Å². The van der Waals surface area contributed by atoms with E-state index in [-0.39, 0.29) is 41.3 Å². The molecule has 4 aliphatic carbocycles. The fourth-order valence-corrected chi connectivity index (χ4v) is 8.68. The number of aliphatic hydroxyl groups is 3. The summed E-state index contributed by atoms with van der Waals surface area (Å²) in [6, 6.07) is 0. The Morgan fingerprint density at radius 3 is 2.45 bits per heavy atom. The monoisotopic (exact) mass is 408 g/mol. The van der Waals surface area contributed by atoms with Gasteiger partial charge in [-0.2, -0.15) is 0 Å². The van der Waals surface area contributed by atoms with Crippen LogP contribution in [0.2, 0.25) is 0 Å². The van der Waals surface area contributed by atoms with Crippen LogP contribution in [0.5, 0.6) is 0 Å². The van der Waals surface area contributed by atoms with Crippen molar-refractivity contribution in [2.24, 2.45) is 46.3 Å².